The Labute approximate surface area is 152 Å². The minimum absolute atomic E-state index is 0.684. The number of hydrogen-bond acceptors (Lipinski definition) is 3. The third-order valence-electron chi connectivity index (χ3n) is 5.50. The van der Waals surface area contributed by atoms with Crippen molar-refractivity contribution >= 4 is 21.7 Å². The summed E-state index contributed by atoms with van der Waals surface area (Å²) in [4.78, 5) is 8.80. The van der Waals surface area contributed by atoms with E-state index < -0.39 is 0 Å². The molecule has 0 N–H and O–H groups in total. The van der Waals surface area contributed by atoms with Crippen LogP contribution in [0.15, 0.2) is 48.9 Å². The SMILES string of the molecule is Cc1c(C)n(CC2CC2)c2c(Oc3cccc4cnccc34)nccc12. The maximum absolute atomic E-state index is 6.36. The highest BCUT2D eigenvalue weighted by Gasteiger charge is 2.25. The molecule has 4 heteroatoms. The maximum atomic E-state index is 6.36. The zero-order valence-corrected chi connectivity index (χ0v) is 15.1. The van der Waals surface area contributed by atoms with Crippen molar-refractivity contribution in [1.82, 2.24) is 14.5 Å². The van der Waals surface area contributed by atoms with Gasteiger partial charge in [0.1, 0.15) is 11.3 Å². The van der Waals surface area contributed by atoms with E-state index in [0.29, 0.717) is 5.88 Å². The smallest absolute Gasteiger partial charge is 0.244 e. The molecule has 3 aromatic heterocycles. The average molecular weight is 343 g/mol. The normalized spacial score (nSPS) is 14.2. The van der Waals surface area contributed by atoms with Gasteiger partial charge in [-0.25, -0.2) is 4.98 Å². The second-order valence-corrected chi connectivity index (χ2v) is 7.23. The van der Waals surface area contributed by atoms with E-state index in [0.717, 1.165) is 34.5 Å². The summed E-state index contributed by atoms with van der Waals surface area (Å²) in [6.45, 7) is 5.44. The molecule has 1 aliphatic carbocycles. The van der Waals surface area contributed by atoms with E-state index in [2.05, 4.69) is 34.4 Å². The second-order valence-electron chi connectivity index (χ2n) is 7.23. The molecule has 0 atom stereocenters. The van der Waals surface area contributed by atoms with Gasteiger partial charge in [0.05, 0.1) is 0 Å². The minimum Gasteiger partial charge on any atom is -0.436 e. The second kappa shape index (κ2) is 5.84. The lowest BCUT2D eigenvalue weighted by molar-refractivity contribution is 0.469. The molecule has 0 spiro atoms. The lowest BCUT2D eigenvalue weighted by atomic mass is 10.1. The first-order valence-corrected chi connectivity index (χ1v) is 9.17. The Morgan fingerprint density at radius 2 is 1.92 bits per heavy atom. The molecule has 26 heavy (non-hydrogen) atoms. The molecule has 1 aliphatic rings. The van der Waals surface area contributed by atoms with Crippen LogP contribution in [0.3, 0.4) is 0 Å². The largest absolute Gasteiger partial charge is 0.436 e. The molecule has 0 amide bonds. The summed E-state index contributed by atoms with van der Waals surface area (Å²) in [6, 6.07) is 10.1. The fourth-order valence-electron chi connectivity index (χ4n) is 3.71. The summed E-state index contributed by atoms with van der Waals surface area (Å²) in [6.07, 6.45) is 8.15. The Morgan fingerprint density at radius 1 is 1.08 bits per heavy atom. The minimum atomic E-state index is 0.684. The van der Waals surface area contributed by atoms with Gasteiger partial charge in [0, 0.05) is 47.0 Å². The van der Waals surface area contributed by atoms with Crippen LogP contribution >= 0.6 is 0 Å². The predicted octanol–water partition coefficient (Wildman–Crippen LogP) is 5.40. The molecule has 1 aromatic carbocycles. The van der Waals surface area contributed by atoms with E-state index >= 15 is 0 Å². The van der Waals surface area contributed by atoms with Crippen LogP contribution in [0.2, 0.25) is 0 Å². The zero-order valence-electron chi connectivity index (χ0n) is 15.1. The molecule has 1 fully saturated rings. The van der Waals surface area contributed by atoms with Gasteiger partial charge in [0.15, 0.2) is 0 Å². The van der Waals surface area contributed by atoms with E-state index in [-0.39, 0.29) is 0 Å². The molecule has 4 aromatic rings. The quantitative estimate of drug-likeness (QED) is 0.498. The van der Waals surface area contributed by atoms with Gasteiger partial charge in [-0.05, 0) is 56.4 Å². The maximum Gasteiger partial charge on any atom is 0.244 e. The summed E-state index contributed by atoms with van der Waals surface area (Å²) in [7, 11) is 0. The van der Waals surface area contributed by atoms with Gasteiger partial charge in [-0.15, -0.1) is 0 Å². The van der Waals surface area contributed by atoms with Crippen molar-refractivity contribution in [1.29, 1.82) is 0 Å². The Morgan fingerprint density at radius 3 is 2.77 bits per heavy atom. The predicted molar refractivity (Wildman–Crippen MR) is 104 cm³/mol. The number of nitrogens with zero attached hydrogens (tertiary/aromatic N) is 3. The van der Waals surface area contributed by atoms with Crippen molar-refractivity contribution in [3.8, 4) is 11.6 Å². The molecule has 0 bridgehead atoms. The number of pyridine rings is 2. The standard InChI is InChI=1S/C22H21N3O/c1-14-15(2)25(13-16-6-7-16)21-18(14)9-11-24-22(21)26-20-5-3-4-17-12-23-10-8-19(17)20/h3-5,8-12,16H,6-7,13H2,1-2H3. The molecule has 0 saturated heterocycles. The van der Waals surface area contributed by atoms with Gasteiger partial charge in [-0.1, -0.05) is 12.1 Å². The molecule has 0 radical (unpaired) electrons. The van der Waals surface area contributed by atoms with Gasteiger partial charge < -0.3 is 9.30 Å². The first-order chi connectivity index (χ1) is 12.7. The summed E-state index contributed by atoms with van der Waals surface area (Å²) in [5.41, 5.74) is 3.74. The monoisotopic (exact) mass is 343 g/mol. The highest BCUT2D eigenvalue weighted by atomic mass is 16.5. The first-order valence-electron chi connectivity index (χ1n) is 9.17. The Bertz CT molecular complexity index is 1120. The Balaban J connectivity index is 1.68. The fraction of sp³-hybridized carbons (Fsp3) is 0.273. The Hall–Kier alpha value is -2.88. The van der Waals surface area contributed by atoms with E-state index in [9.17, 15) is 0 Å². The topological polar surface area (TPSA) is 39.9 Å². The van der Waals surface area contributed by atoms with Crippen molar-refractivity contribution in [2.45, 2.75) is 33.2 Å². The number of fused-ring (bicyclic) bond motifs is 2. The lowest BCUT2D eigenvalue weighted by Gasteiger charge is -2.12. The zero-order chi connectivity index (χ0) is 17.7. The highest BCUT2D eigenvalue weighted by molar-refractivity contribution is 5.91. The van der Waals surface area contributed by atoms with Crippen LogP contribution in [0, 0.1) is 19.8 Å². The molecule has 4 nitrogen and oxygen atoms in total. The summed E-state index contributed by atoms with van der Waals surface area (Å²) >= 11 is 0. The molecular weight excluding hydrogens is 322 g/mol. The van der Waals surface area contributed by atoms with E-state index in [1.807, 2.05) is 36.7 Å². The van der Waals surface area contributed by atoms with Crippen molar-refractivity contribution in [3.05, 3.63) is 60.2 Å². The van der Waals surface area contributed by atoms with Crippen molar-refractivity contribution in [2.75, 3.05) is 0 Å². The number of aryl methyl sites for hydroxylation is 1. The van der Waals surface area contributed by atoms with Crippen molar-refractivity contribution in [2.24, 2.45) is 5.92 Å². The molecule has 130 valence electrons. The molecule has 1 saturated carbocycles. The van der Waals surface area contributed by atoms with Gasteiger partial charge in [-0.2, -0.15) is 0 Å². The van der Waals surface area contributed by atoms with Crippen LogP contribution in [0.1, 0.15) is 24.1 Å². The van der Waals surface area contributed by atoms with Crippen LogP contribution in [-0.2, 0) is 6.54 Å². The number of aromatic nitrogens is 3. The van der Waals surface area contributed by atoms with Crippen LogP contribution in [0.25, 0.3) is 21.7 Å². The van der Waals surface area contributed by atoms with Crippen molar-refractivity contribution in [3.63, 3.8) is 0 Å². The van der Waals surface area contributed by atoms with E-state index in [1.54, 1.807) is 6.20 Å². The van der Waals surface area contributed by atoms with Gasteiger partial charge in [0.2, 0.25) is 5.88 Å². The van der Waals surface area contributed by atoms with E-state index in [4.69, 9.17) is 4.74 Å². The lowest BCUT2D eigenvalue weighted by Crippen LogP contribution is -2.03. The van der Waals surface area contributed by atoms with Gasteiger partial charge >= 0.3 is 0 Å². The molecule has 0 unspecified atom stereocenters. The van der Waals surface area contributed by atoms with Crippen LogP contribution in [0.5, 0.6) is 11.6 Å². The Kier molecular flexibility index (Phi) is 3.45. The van der Waals surface area contributed by atoms with Crippen LogP contribution in [-0.4, -0.2) is 14.5 Å². The number of hydrogen-bond donors (Lipinski definition) is 0. The first kappa shape index (κ1) is 15.4. The fourth-order valence-corrected chi connectivity index (χ4v) is 3.71. The number of benzene rings is 1. The average Bonchev–Trinajstić information content (AvgIpc) is 3.46. The summed E-state index contributed by atoms with van der Waals surface area (Å²) in [5.74, 6) is 2.29. The third-order valence-corrected chi connectivity index (χ3v) is 5.50. The molecule has 0 aliphatic heterocycles. The third kappa shape index (κ3) is 2.45. The summed E-state index contributed by atoms with van der Waals surface area (Å²) < 4.78 is 8.76. The van der Waals surface area contributed by atoms with Gasteiger partial charge in [-0.3, -0.25) is 4.98 Å². The number of ether oxygens (including phenoxy) is 1. The molecule has 3 heterocycles. The van der Waals surface area contributed by atoms with Crippen LogP contribution in [0.4, 0.5) is 0 Å². The van der Waals surface area contributed by atoms with Crippen molar-refractivity contribution < 1.29 is 4.74 Å². The molecular formula is C22H21N3O. The summed E-state index contributed by atoms with van der Waals surface area (Å²) in [5, 5.41) is 3.35. The highest BCUT2D eigenvalue weighted by Crippen LogP contribution is 2.38. The van der Waals surface area contributed by atoms with Gasteiger partial charge in [0.25, 0.3) is 0 Å². The number of rotatable bonds is 4. The molecule has 5 rings (SSSR count). The van der Waals surface area contributed by atoms with Crippen LogP contribution < -0.4 is 4.74 Å². The van der Waals surface area contributed by atoms with E-state index in [1.165, 1.54) is 29.5 Å².